The molecule has 1 fully saturated rings. The van der Waals surface area contributed by atoms with Crippen molar-refractivity contribution in [1.82, 2.24) is 4.90 Å². The van der Waals surface area contributed by atoms with Crippen molar-refractivity contribution in [2.24, 2.45) is 0 Å². The van der Waals surface area contributed by atoms with Crippen LogP contribution in [-0.4, -0.2) is 43.3 Å². The zero-order chi connectivity index (χ0) is 15.9. The first-order chi connectivity index (χ1) is 10.6. The Bertz CT molecular complexity index is 439. The van der Waals surface area contributed by atoms with Gasteiger partial charge >= 0.3 is 0 Å². The van der Waals surface area contributed by atoms with E-state index in [1.807, 2.05) is 0 Å². The summed E-state index contributed by atoms with van der Waals surface area (Å²) < 4.78 is 11.8. The molecule has 0 aromatic heterocycles. The molecule has 0 aliphatic carbocycles. The minimum atomic E-state index is 0.343. The van der Waals surface area contributed by atoms with E-state index < -0.39 is 0 Å². The number of morpholine rings is 1. The van der Waals surface area contributed by atoms with E-state index in [2.05, 4.69) is 56.9 Å². The second kappa shape index (κ2) is 8.54. The number of hydrogen-bond acceptors (Lipinski definition) is 3. The highest BCUT2D eigenvalue weighted by Gasteiger charge is 2.21. The molecule has 1 aliphatic heterocycles. The third-order valence-corrected chi connectivity index (χ3v) is 4.43. The van der Waals surface area contributed by atoms with Crippen molar-refractivity contribution in [2.75, 3.05) is 26.2 Å². The van der Waals surface area contributed by atoms with Crippen LogP contribution >= 0.6 is 0 Å². The summed E-state index contributed by atoms with van der Waals surface area (Å²) in [6.45, 7) is 12.7. The quantitative estimate of drug-likeness (QED) is 0.709. The highest BCUT2D eigenvalue weighted by Crippen LogP contribution is 2.28. The molecule has 1 aromatic carbocycles. The lowest BCUT2D eigenvalue weighted by Gasteiger charge is -2.35. The minimum absolute atomic E-state index is 0.343. The van der Waals surface area contributed by atoms with Gasteiger partial charge in [-0.15, -0.1) is 0 Å². The summed E-state index contributed by atoms with van der Waals surface area (Å²) in [5, 5.41) is 0. The van der Waals surface area contributed by atoms with Crippen LogP contribution in [0.2, 0.25) is 0 Å². The van der Waals surface area contributed by atoms with Crippen LogP contribution in [0.25, 0.3) is 0 Å². The molecule has 0 radical (unpaired) electrons. The van der Waals surface area contributed by atoms with E-state index in [0.717, 1.165) is 44.8 Å². The Kier molecular flexibility index (Phi) is 6.71. The molecule has 0 N–H and O–H groups in total. The van der Waals surface area contributed by atoms with Crippen molar-refractivity contribution in [3.05, 3.63) is 29.8 Å². The van der Waals surface area contributed by atoms with Gasteiger partial charge in [-0.25, -0.2) is 0 Å². The Hall–Kier alpha value is -1.06. The summed E-state index contributed by atoms with van der Waals surface area (Å²) in [5.41, 5.74) is 1.33. The van der Waals surface area contributed by atoms with Gasteiger partial charge in [0.1, 0.15) is 5.75 Å². The molecule has 3 nitrogen and oxygen atoms in total. The van der Waals surface area contributed by atoms with E-state index in [1.54, 1.807) is 0 Å². The fourth-order valence-corrected chi connectivity index (χ4v) is 3.18. The molecule has 1 aromatic rings. The molecule has 0 spiro atoms. The fourth-order valence-electron chi connectivity index (χ4n) is 3.18. The number of ether oxygens (including phenoxy) is 2. The lowest BCUT2D eigenvalue weighted by Crippen LogP contribution is -2.45. The standard InChI is InChI=1S/C19H31NO2/c1-5-15(2)18-9-6-7-10-19(18)21-12-8-11-20-13-16(3)22-17(4)14-20/h6-7,9-10,15-17H,5,8,11-14H2,1-4H3/t15-,16-,17+/m1/s1. The van der Waals surface area contributed by atoms with Gasteiger partial charge in [-0.1, -0.05) is 32.0 Å². The highest BCUT2D eigenvalue weighted by atomic mass is 16.5. The molecule has 3 heteroatoms. The lowest BCUT2D eigenvalue weighted by molar-refractivity contribution is -0.0686. The van der Waals surface area contributed by atoms with Gasteiger partial charge in [0.15, 0.2) is 0 Å². The molecular weight excluding hydrogens is 274 g/mol. The van der Waals surface area contributed by atoms with Crippen molar-refractivity contribution >= 4 is 0 Å². The van der Waals surface area contributed by atoms with Crippen molar-refractivity contribution in [3.63, 3.8) is 0 Å². The summed E-state index contributed by atoms with van der Waals surface area (Å²) in [6.07, 6.45) is 2.89. The van der Waals surface area contributed by atoms with E-state index >= 15 is 0 Å². The van der Waals surface area contributed by atoms with Crippen LogP contribution in [0.3, 0.4) is 0 Å². The summed E-state index contributed by atoms with van der Waals surface area (Å²) >= 11 is 0. The largest absolute Gasteiger partial charge is 0.493 e. The maximum atomic E-state index is 6.05. The van der Waals surface area contributed by atoms with E-state index in [0.29, 0.717) is 18.1 Å². The third kappa shape index (κ3) is 4.99. The van der Waals surface area contributed by atoms with Crippen LogP contribution in [0.1, 0.15) is 52.0 Å². The maximum absolute atomic E-state index is 6.05. The molecule has 0 bridgehead atoms. The van der Waals surface area contributed by atoms with Crippen LogP contribution in [0.4, 0.5) is 0 Å². The van der Waals surface area contributed by atoms with E-state index in [1.165, 1.54) is 5.56 Å². The van der Waals surface area contributed by atoms with Crippen LogP contribution in [0, 0.1) is 0 Å². The van der Waals surface area contributed by atoms with E-state index in [-0.39, 0.29) is 0 Å². The molecular formula is C19H31NO2. The summed E-state index contributed by atoms with van der Waals surface area (Å²) in [5.74, 6) is 1.61. The SMILES string of the molecule is CC[C@@H](C)c1ccccc1OCCCN1C[C@@H](C)O[C@@H](C)C1. The molecule has 124 valence electrons. The molecule has 0 unspecified atom stereocenters. The zero-order valence-electron chi connectivity index (χ0n) is 14.5. The van der Waals surface area contributed by atoms with Crippen LogP contribution in [0.5, 0.6) is 5.75 Å². The van der Waals surface area contributed by atoms with Crippen molar-refractivity contribution in [2.45, 2.75) is 58.7 Å². The van der Waals surface area contributed by atoms with Gasteiger partial charge in [-0.3, -0.25) is 4.90 Å². The second-order valence-electron chi connectivity index (χ2n) is 6.57. The van der Waals surface area contributed by atoms with Crippen LogP contribution in [0.15, 0.2) is 24.3 Å². The zero-order valence-corrected chi connectivity index (χ0v) is 14.5. The first kappa shape index (κ1) is 17.3. The monoisotopic (exact) mass is 305 g/mol. The van der Waals surface area contributed by atoms with Gasteiger partial charge in [0, 0.05) is 19.6 Å². The average molecular weight is 305 g/mol. The summed E-state index contributed by atoms with van der Waals surface area (Å²) in [7, 11) is 0. The molecule has 2 rings (SSSR count). The Morgan fingerprint density at radius 2 is 1.91 bits per heavy atom. The second-order valence-corrected chi connectivity index (χ2v) is 6.57. The Morgan fingerprint density at radius 1 is 1.23 bits per heavy atom. The molecule has 0 saturated carbocycles. The maximum Gasteiger partial charge on any atom is 0.122 e. The van der Waals surface area contributed by atoms with E-state index in [4.69, 9.17) is 9.47 Å². The van der Waals surface area contributed by atoms with Crippen molar-refractivity contribution in [1.29, 1.82) is 0 Å². The van der Waals surface area contributed by atoms with Gasteiger partial charge in [0.2, 0.25) is 0 Å². The van der Waals surface area contributed by atoms with Gasteiger partial charge in [0.05, 0.1) is 18.8 Å². The summed E-state index contributed by atoms with van der Waals surface area (Å²) in [4.78, 5) is 2.49. The lowest BCUT2D eigenvalue weighted by atomic mass is 9.98. The van der Waals surface area contributed by atoms with Gasteiger partial charge in [0.25, 0.3) is 0 Å². The van der Waals surface area contributed by atoms with Gasteiger partial charge in [-0.05, 0) is 44.2 Å². The molecule has 22 heavy (non-hydrogen) atoms. The molecule has 1 aliphatic rings. The van der Waals surface area contributed by atoms with Crippen molar-refractivity contribution < 1.29 is 9.47 Å². The fraction of sp³-hybridized carbons (Fsp3) is 0.684. The topological polar surface area (TPSA) is 21.7 Å². The van der Waals surface area contributed by atoms with Crippen molar-refractivity contribution in [3.8, 4) is 5.75 Å². The van der Waals surface area contributed by atoms with Gasteiger partial charge in [-0.2, -0.15) is 0 Å². The molecule has 1 heterocycles. The van der Waals surface area contributed by atoms with Gasteiger partial charge < -0.3 is 9.47 Å². The number of hydrogen-bond donors (Lipinski definition) is 0. The normalized spacial score (nSPS) is 24.2. The smallest absolute Gasteiger partial charge is 0.122 e. The number of rotatable bonds is 7. The molecule has 0 amide bonds. The Balaban J connectivity index is 1.77. The Morgan fingerprint density at radius 3 is 2.59 bits per heavy atom. The number of benzene rings is 1. The average Bonchev–Trinajstić information content (AvgIpc) is 2.50. The third-order valence-electron chi connectivity index (χ3n) is 4.43. The Labute approximate surface area is 135 Å². The molecule has 3 atom stereocenters. The summed E-state index contributed by atoms with van der Waals surface area (Å²) in [6, 6.07) is 8.45. The van der Waals surface area contributed by atoms with Crippen LogP contribution < -0.4 is 4.74 Å². The number of para-hydroxylation sites is 1. The predicted octanol–water partition coefficient (Wildman–Crippen LogP) is 4.08. The van der Waals surface area contributed by atoms with Crippen LogP contribution in [-0.2, 0) is 4.74 Å². The van der Waals surface area contributed by atoms with E-state index in [9.17, 15) is 0 Å². The molecule has 1 saturated heterocycles. The highest BCUT2D eigenvalue weighted by molar-refractivity contribution is 5.35. The first-order valence-electron chi connectivity index (χ1n) is 8.69. The minimum Gasteiger partial charge on any atom is -0.493 e. The number of nitrogens with zero attached hydrogens (tertiary/aromatic N) is 1. The first-order valence-corrected chi connectivity index (χ1v) is 8.69. The predicted molar refractivity (Wildman–Crippen MR) is 91.7 cm³/mol.